The van der Waals surface area contributed by atoms with Crippen LogP contribution in [0.15, 0.2) is 29.6 Å². The highest BCUT2D eigenvalue weighted by Crippen LogP contribution is 2.28. The van der Waals surface area contributed by atoms with E-state index in [4.69, 9.17) is 0 Å². The molecule has 1 aliphatic heterocycles. The molecule has 0 saturated heterocycles. The highest BCUT2D eigenvalue weighted by molar-refractivity contribution is 7.99. The van der Waals surface area contributed by atoms with E-state index in [2.05, 4.69) is 51.8 Å². The van der Waals surface area contributed by atoms with Crippen LogP contribution in [0.2, 0.25) is 0 Å². The molecule has 0 fully saturated rings. The van der Waals surface area contributed by atoms with E-state index in [9.17, 15) is 4.79 Å². The van der Waals surface area contributed by atoms with Gasteiger partial charge in [0, 0.05) is 36.0 Å². The second-order valence-electron chi connectivity index (χ2n) is 6.08. The minimum Gasteiger partial charge on any atom is -0.366 e. The zero-order chi connectivity index (χ0) is 16.9. The van der Waals surface area contributed by atoms with E-state index in [1.165, 1.54) is 11.3 Å². The summed E-state index contributed by atoms with van der Waals surface area (Å²) in [4.78, 5) is 18.8. The number of para-hydroxylation sites is 1. The second-order valence-corrected chi connectivity index (χ2v) is 8.12. The van der Waals surface area contributed by atoms with Crippen molar-refractivity contribution in [2.24, 2.45) is 0 Å². The molecule has 128 valence electrons. The molecule has 2 heterocycles. The van der Waals surface area contributed by atoms with Crippen molar-refractivity contribution in [2.75, 3.05) is 23.7 Å². The number of carbonyl (C=O) groups excluding carboxylic acids is 1. The van der Waals surface area contributed by atoms with E-state index in [-0.39, 0.29) is 5.91 Å². The highest BCUT2D eigenvalue weighted by atomic mass is 32.2. The molecule has 0 unspecified atom stereocenters. The molecule has 1 amide bonds. The first-order valence-electron chi connectivity index (χ1n) is 8.23. The number of nitrogens with one attached hydrogen (secondary N) is 1. The molecule has 24 heavy (non-hydrogen) atoms. The Morgan fingerprint density at radius 1 is 1.46 bits per heavy atom. The van der Waals surface area contributed by atoms with Gasteiger partial charge in [0.2, 0.25) is 5.91 Å². The maximum absolute atomic E-state index is 12.0. The van der Waals surface area contributed by atoms with Crippen LogP contribution in [0.3, 0.4) is 0 Å². The summed E-state index contributed by atoms with van der Waals surface area (Å²) in [6.45, 7) is 5.90. The van der Waals surface area contributed by atoms with Crippen LogP contribution in [-0.4, -0.2) is 35.8 Å². The summed E-state index contributed by atoms with van der Waals surface area (Å²) in [5.74, 6) is 1.39. The maximum atomic E-state index is 12.0. The predicted molar refractivity (Wildman–Crippen MR) is 103 cm³/mol. The number of nitrogens with zero attached hydrogens (tertiary/aromatic N) is 2. The van der Waals surface area contributed by atoms with Crippen LogP contribution in [0, 0.1) is 6.92 Å². The van der Waals surface area contributed by atoms with Gasteiger partial charge in [-0.3, -0.25) is 4.79 Å². The van der Waals surface area contributed by atoms with E-state index in [1.54, 1.807) is 23.1 Å². The van der Waals surface area contributed by atoms with Crippen LogP contribution in [0.25, 0.3) is 0 Å². The third kappa shape index (κ3) is 4.30. The summed E-state index contributed by atoms with van der Waals surface area (Å²) in [6, 6.07) is 8.85. The van der Waals surface area contributed by atoms with Gasteiger partial charge < -0.3 is 10.2 Å². The number of aromatic nitrogens is 1. The standard InChI is InChI=1S/C18H23N3OS2/c1-13(21-8-7-15-5-3-4-6-17(15)21)9-19-18(22)12-23-10-16-11-24-14(2)20-16/h3-6,11,13H,7-10,12H2,1-2H3,(H,19,22)/t13-/m1/s1. The van der Waals surface area contributed by atoms with Gasteiger partial charge in [-0.05, 0) is 31.9 Å². The van der Waals surface area contributed by atoms with Crippen molar-refractivity contribution in [1.82, 2.24) is 10.3 Å². The van der Waals surface area contributed by atoms with Crippen molar-refractivity contribution in [2.45, 2.75) is 32.1 Å². The summed E-state index contributed by atoms with van der Waals surface area (Å²) in [6.07, 6.45) is 1.09. The molecule has 0 aliphatic carbocycles. The molecule has 0 bridgehead atoms. The summed E-state index contributed by atoms with van der Waals surface area (Å²) < 4.78 is 0. The lowest BCUT2D eigenvalue weighted by Gasteiger charge is -2.27. The van der Waals surface area contributed by atoms with Crippen LogP contribution in [0.5, 0.6) is 0 Å². The van der Waals surface area contributed by atoms with Crippen LogP contribution in [0.4, 0.5) is 5.69 Å². The van der Waals surface area contributed by atoms with Gasteiger partial charge in [-0.1, -0.05) is 18.2 Å². The smallest absolute Gasteiger partial charge is 0.230 e. The van der Waals surface area contributed by atoms with E-state index < -0.39 is 0 Å². The fourth-order valence-electron chi connectivity index (χ4n) is 2.97. The number of rotatable bonds is 7. The van der Waals surface area contributed by atoms with Crippen molar-refractivity contribution in [3.63, 3.8) is 0 Å². The molecule has 0 spiro atoms. The van der Waals surface area contributed by atoms with Crippen LogP contribution >= 0.6 is 23.1 Å². The van der Waals surface area contributed by atoms with Gasteiger partial charge >= 0.3 is 0 Å². The highest BCUT2D eigenvalue weighted by Gasteiger charge is 2.22. The Kier molecular flexibility index (Phi) is 5.79. The van der Waals surface area contributed by atoms with Gasteiger partial charge in [-0.25, -0.2) is 4.98 Å². The average Bonchev–Trinajstić information content (AvgIpc) is 3.19. The summed E-state index contributed by atoms with van der Waals surface area (Å²) in [5.41, 5.74) is 3.79. The largest absolute Gasteiger partial charge is 0.366 e. The molecular weight excluding hydrogens is 338 g/mol. The quantitative estimate of drug-likeness (QED) is 0.822. The number of carbonyl (C=O) groups is 1. The number of fused-ring (bicyclic) bond motifs is 1. The molecule has 4 nitrogen and oxygen atoms in total. The zero-order valence-corrected chi connectivity index (χ0v) is 15.8. The number of benzene rings is 1. The lowest BCUT2D eigenvalue weighted by molar-refractivity contribution is -0.118. The number of thioether (sulfide) groups is 1. The predicted octanol–water partition coefficient (Wildman–Crippen LogP) is 3.25. The molecule has 2 aromatic rings. The summed E-state index contributed by atoms with van der Waals surface area (Å²) in [7, 11) is 0. The lowest BCUT2D eigenvalue weighted by Crippen LogP contribution is -2.42. The zero-order valence-electron chi connectivity index (χ0n) is 14.1. The maximum Gasteiger partial charge on any atom is 0.230 e. The Balaban J connectivity index is 1.40. The minimum atomic E-state index is 0.103. The van der Waals surface area contributed by atoms with Gasteiger partial charge in [0.25, 0.3) is 0 Å². The molecule has 1 aliphatic rings. The lowest BCUT2D eigenvalue weighted by atomic mass is 10.2. The van der Waals surface area contributed by atoms with Crippen molar-refractivity contribution < 1.29 is 4.79 Å². The summed E-state index contributed by atoms with van der Waals surface area (Å²) >= 11 is 3.27. The Morgan fingerprint density at radius 2 is 2.29 bits per heavy atom. The van der Waals surface area contributed by atoms with Gasteiger partial charge in [0.15, 0.2) is 0 Å². The van der Waals surface area contributed by atoms with Gasteiger partial charge in [-0.15, -0.1) is 23.1 Å². The molecule has 0 saturated carbocycles. The first-order chi connectivity index (χ1) is 11.6. The van der Waals surface area contributed by atoms with E-state index in [0.717, 1.165) is 29.4 Å². The Labute approximate surface area is 151 Å². The first kappa shape index (κ1) is 17.3. The van der Waals surface area contributed by atoms with Crippen molar-refractivity contribution in [3.8, 4) is 0 Å². The third-order valence-corrected chi connectivity index (χ3v) is 5.99. The van der Waals surface area contributed by atoms with Crippen molar-refractivity contribution >= 4 is 34.7 Å². The average molecular weight is 362 g/mol. The van der Waals surface area contributed by atoms with E-state index in [0.29, 0.717) is 18.3 Å². The molecule has 6 heteroatoms. The molecule has 1 N–H and O–H groups in total. The molecule has 1 aromatic carbocycles. The van der Waals surface area contributed by atoms with Gasteiger partial charge in [-0.2, -0.15) is 0 Å². The number of thiazole rings is 1. The molecule has 1 atom stereocenters. The topological polar surface area (TPSA) is 45.2 Å². The van der Waals surface area contributed by atoms with Gasteiger partial charge in [0.05, 0.1) is 16.5 Å². The van der Waals surface area contributed by atoms with Crippen molar-refractivity contribution in [1.29, 1.82) is 0 Å². The molecular formula is C18H23N3OS2. The number of aryl methyl sites for hydroxylation is 1. The fourth-order valence-corrected chi connectivity index (χ4v) is 4.43. The number of amides is 1. The Bertz CT molecular complexity index is 701. The van der Waals surface area contributed by atoms with Crippen LogP contribution in [-0.2, 0) is 17.0 Å². The Morgan fingerprint density at radius 3 is 3.08 bits per heavy atom. The minimum absolute atomic E-state index is 0.103. The second kappa shape index (κ2) is 8.03. The first-order valence-corrected chi connectivity index (χ1v) is 10.3. The van der Waals surface area contributed by atoms with E-state index in [1.807, 2.05) is 6.92 Å². The van der Waals surface area contributed by atoms with E-state index >= 15 is 0 Å². The fraction of sp³-hybridized carbons (Fsp3) is 0.444. The molecule has 0 radical (unpaired) electrons. The number of hydrogen-bond donors (Lipinski definition) is 1. The monoisotopic (exact) mass is 361 g/mol. The number of anilines is 1. The van der Waals surface area contributed by atoms with Crippen molar-refractivity contribution in [3.05, 3.63) is 45.9 Å². The summed E-state index contributed by atoms with van der Waals surface area (Å²) in [5, 5.41) is 6.20. The van der Waals surface area contributed by atoms with Crippen LogP contribution in [0.1, 0.15) is 23.2 Å². The third-order valence-electron chi connectivity index (χ3n) is 4.20. The molecule has 3 rings (SSSR count). The normalized spacial score (nSPS) is 14.5. The number of hydrogen-bond acceptors (Lipinski definition) is 5. The molecule has 1 aromatic heterocycles. The van der Waals surface area contributed by atoms with Gasteiger partial charge in [0.1, 0.15) is 0 Å². The Hall–Kier alpha value is -1.53. The van der Waals surface area contributed by atoms with Crippen LogP contribution < -0.4 is 10.2 Å². The SMILES string of the molecule is Cc1nc(CSCC(=O)NC[C@@H](C)N2CCc3ccccc32)cs1.